The Morgan fingerprint density at radius 2 is 1.91 bits per heavy atom. The molecule has 7 heteroatoms. The molecule has 0 aliphatic carbocycles. The summed E-state index contributed by atoms with van der Waals surface area (Å²) in [4.78, 5) is 37.4. The highest BCUT2D eigenvalue weighted by atomic mass is 16.5. The van der Waals surface area contributed by atoms with Crippen LogP contribution in [0.4, 0.5) is 5.69 Å². The number of nitrogens with zero attached hydrogens (tertiary/aromatic N) is 1. The normalized spacial score (nSPS) is 14.3. The molecule has 1 N–H and O–H groups in total. The molecule has 1 aliphatic rings. The molecule has 2 amide bonds. The summed E-state index contributed by atoms with van der Waals surface area (Å²) >= 11 is 0. The number of nitrogens with one attached hydrogen (secondary N) is 1. The first kappa shape index (κ1) is 16.0. The average molecular weight is 306 g/mol. The van der Waals surface area contributed by atoms with E-state index in [4.69, 9.17) is 9.47 Å². The summed E-state index contributed by atoms with van der Waals surface area (Å²) in [5.74, 6) is -1.96. The van der Waals surface area contributed by atoms with Gasteiger partial charge in [0.2, 0.25) is 0 Å². The highest BCUT2D eigenvalue weighted by Gasteiger charge is 2.25. The Morgan fingerprint density at radius 3 is 2.59 bits per heavy atom. The van der Waals surface area contributed by atoms with Crippen LogP contribution in [0, 0.1) is 0 Å². The van der Waals surface area contributed by atoms with Gasteiger partial charge >= 0.3 is 17.8 Å². The lowest BCUT2D eigenvalue weighted by molar-refractivity contribution is -0.145. The second kappa shape index (κ2) is 7.56. The van der Waals surface area contributed by atoms with Gasteiger partial charge in [0.05, 0.1) is 31.1 Å². The molecule has 0 unspecified atom stereocenters. The molecule has 118 valence electrons. The SMILES string of the molecule is CCOC(=O)c1ccccc1NC(=O)C(=O)N1CCOCC1. The van der Waals surface area contributed by atoms with E-state index < -0.39 is 17.8 Å². The van der Waals surface area contributed by atoms with Gasteiger partial charge in [0, 0.05) is 13.1 Å². The summed E-state index contributed by atoms with van der Waals surface area (Å²) in [6.45, 7) is 3.52. The number of para-hydroxylation sites is 1. The van der Waals surface area contributed by atoms with E-state index >= 15 is 0 Å². The van der Waals surface area contributed by atoms with Crippen molar-refractivity contribution < 1.29 is 23.9 Å². The number of ether oxygens (including phenoxy) is 2. The van der Waals surface area contributed by atoms with Gasteiger partial charge in [0.1, 0.15) is 0 Å². The smallest absolute Gasteiger partial charge is 0.340 e. The Morgan fingerprint density at radius 1 is 1.23 bits per heavy atom. The number of hydrogen-bond donors (Lipinski definition) is 1. The zero-order valence-corrected chi connectivity index (χ0v) is 12.3. The fourth-order valence-corrected chi connectivity index (χ4v) is 2.06. The van der Waals surface area contributed by atoms with Crippen molar-refractivity contribution in [3.8, 4) is 0 Å². The van der Waals surface area contributed by atoms with Crippen molar-refractivity contribution in [1.29, 1.82) is 0 Å². The van der Waals surface area contributed by atoms with Crippen molar-refractivity contribution in [2.45, 2.75) is 6.92 Å². The number of carbonyl (C=O) groups excluding carboxylic acids is 3. The molecule has 0 spiro atoms. The first-order valence-corrected chi connectivity index (χ1v) is 7.07. The maximum absolute atomic E-state index is 12.1. The zero-order chi connectivity index (χ0) is 15.9. The molecule has 1 aromatic rings. The molecule has 0 atom stereocenters. The van der Waals surface area contributed by atoms with Gasteiger partial charge in [-0.15, -0.1) is 0 Å². The molecular formula is C15H18N2O5. The quantitative estimate of drug-likeness (QED) is 0.655. The largest absolute Gasteiger partial charge is 0.462 e. The molecule has 1 aromatic carbocycles. The van der Waals surface area contributed by atoms with Crippen LogP contribution in [0.15, 0.2) is 24.3 Å². The Balaban J connectivity index is 2.08. The van der Waals surface area contributed by atoms with Crippen LogP contribution < -0.4 is 5.32 Å². The molecule has 0 aromatic heterocycles. The maximum Gasteiger partial charge on any atom is 0.340 e. The van der Waals surface area contributed by atoms with Crippen LogP contribution in [0.1, 0.15) is 17.3 Å². The second-order valence-electron chi connectivity index (χ2n) is 4.62. The van der Waals surface area contributed by atoms with Gasteiger partial charge in [-0.1, -0.05) is 12.1 Å². The van der Waals surface area contributed by atoms with Crippen LogP contribution in [-0.4, -0.2) is 55.6 Å². The summed E-state index contributed by atoms with van der Waals surface area (Å²) in [7, 11) is 0. The van der Waals surface area contributed by atoms with Crippen molar-refractivity contribution in [3.63, 3.8) is 0 Å². The predicted molar refractivity (Wildman–Crippen MR) is 78.4 cm³/mol. The van der Waals surface area contributed by atoms with E-state index in [0.717, 1.165) is 0 Å². The first-order chi connectivity index (χ1) is 10.6. The number of esters is 1. The lowest BCUT2D eigenvalue weighted by atomic mass is 10.1. The molecule has 0 saturated carbocycles. The van der Waals surface area contributed by atoms with E-state index in [9.17, 15) is 14.4 Å². The van der Waals surface area contributed by atoms with Crippen molar-refractivity contribution in [3.05, 3.63) is 29.8 Å². The minimum atomic E-state index is -0.779. The van der Waals surface area contributed by atoms with Crippen molar-refractivity contribution >= 4 is 23.5 Å². The Hall–Kier alpha value is -2.41. The fraction of sp³-hybridized carbons (Fsp3) is 0.400. The fourth-order valence-electron chi connectivity index (χ4n) is 2.06. The minimum absolute atomic E-state index is 0.215. The van der Waals surface area contributed by atoms with Crippen LogP contribution in [0.25, 0.3) is 0 Å². The maximum atomic E-state index is 12.1. The van der Waals surface area contributed by atoms with E-state index in [1.165, 1.54) is 11.0 Å². The number of anilines is 1. The third kappa shape index (κ3) is 3.82. The highest BCUT2D eigenvalue weighted by Crippen LogP contribution is 2.16. The Bertz CT molecular complexity index is 567. The number of rotatable bonds is 3. The summed E-state index contributed by atoms with van der Waals surface area (Å²) < 4.78 is 10.1. The Kier molecular flexibility index (Phi) is 5.48. The van der Waals surface area contributed by atoms with E-state index in [0.29, 0.717) is 26.3 Å². The van der Waals surface area contributed by atoms with Gasteiger partial charge in [0.15, 0.2) is 0 Å². The summed E-state index contributed by atoms with van der Waals surface area (Å²) in [5, 5.41) is 2.48. The highest BCUT2D eigenvalue weighted by molar-refractivity contribution is 6.39. The molecule has 1 fully saturated rings. The lowest BCUT2D eigenvalue weighted by Gasteiger charge is -2.26. The number of carbonyl (C=O) groups is 3. The van der Waals surface area contributed by atoms with E-state index in [-0.39, 0.29) is 17.9 Å². The number of benzene rings is 1. The van der Waals surface area contributed by atoms with Gasteiger partial charge in [-0.25, -0.2) is 4.79 Å². The molecule has 1 aliphatic heterocycles. The minimum Gasteiger partial charge on any atom is -0.462 e. The lowest BCUT2D eigenvalue weighted by Crippen LogP contribution is -2.46. The molecule has 0 radical (unpaired) electrons. The molecule has 1 heterocycles. The van der Waals surface area contributed by atoms with Crippen LogP contribution in [0.2, 0.25) is 0 Å². The van der Waals surface area contributed by atoms with Crippen molar-refractivity contribution in [1.82, 2.24) is 4.90 Å². The van der Waals surface area contributed by atoms with Crippen molar-refractivity contribution in [2.24, 2.45) is 0 Å². The summed E-state index contributed by atoms with van der Waals surface area (Å²) in [6, 6.07) is 6.41. The van der Waals surface area contributed by atoms with Gasteiger partial charge in [-0.05, 0) is 19.1 Å². The summed E-state index contributed by atoms with van der Waals surface area (Å²) in [6.07, 6.45) is 0. The number of amides is 2. The van der Waals surface area contributed by atoms with Crippen LogP contribution in [0.3, 0.4) is 0 Å². The predicted octanol–water partition coefficient (Wildman–Crippen LogP) is 0.661. The monoisotopic (exact) mass is 306 g/mol. The van der Waals surface area contributed by atoms with E-state index in [1.807, 2.05) is 0 Å². The summed E-state index contributed by atoms with van der Waals surface area (Å²) in [5.41, 5.74) is 0.472. The van der Waals surface area contributed by atoms with E-state index in [1.54, 1.807) is 25.1 Å². The number of hydrogen-bond acceptors (Lipinski definition) is 5. The van der Waals surface area contributed by atoms with Gasteiger partial charge < -0.3 is 19.7 Å². The first-order valence-electron chi connectivity index (χ1n) is 7.07. The molecule has 7 nitrogen and oxygen atoms in total. The van der Waals surface area contributed by atoms with Crippen LogP contribution in [-0.2, 0) is 19.1 Å². The van der Waals surface area contributed by atoms with Crippen LogP contribution >= 0.6 is 0 Å². The average Bonchev–Trinajstić information content (AvgIpc) is 2.55. The van der Waals surface area contributed by atoms with Gasteiger partial charge in [-0.2, -0.15) is 0 Å². The third-order valence-corrected chi connectivity index (χ3v) is 3.16. The standard InChI is InChI=1S/C15H18N2O5/c1-2-22-15(20)11-5-3-4-6-12(11)16-13(18)14(19)17-7-9-21-10-8-17/h3-6H,2,7-10H2,1H3,(H,16,18). The van der Waals surface area contributed by atoms with Crippen molar-refractivity contribution in [2.75, 3.05) is 38.2 Å². The second-order valence-corrected chi connectivity index (χ2v) is 4.62. The topological polar surface area (TPSA) is 84.9 Å². The van der Waals surface area contributed by atoms with Gasteiger partial charge in [-0.3, -0.25) is 9.59 Å². The molecule has 2 rings (SSSR count). The van der Waals surface area contributed by atoms with Gasteiger partial charge in [0.25, 0.3) is 0 Å². The Labute approximate surface area is 128 Å². The van der Waals surface area contributed by atoms with Crippen LogP contribution in [0.5, 0.6) is 0 Å². The zero-order valence-electron chi connectivity index (χ0n) is 12.3. The van der Waals surface area contributed by atoms with E-state index in [2.05, 4.69) is 5.32 Å². The molecule has 1 saturated heterocycles. The molecule has 22 heavy (non-hydrogen) atoms. The third-order valence-electron chi connectivity index (χ3n) is 3.16. The molecule has 0 bridgehead atoms. The molecular weight excluding hydrogens is 288 g/mol. The number of morpholine rings is 1.